The molecule has 1 amide bonds. The second-order valence-electron chi connectivity index (χ2n) is 7.16. The van der Waals surface area contributed by atoms with Gasteiger partial charge in [-0.15, -0.1) is 0 Å². The van der Waals surface area contributed by atoms with Gasteiger partial charge in [-0.05, 0) is 25.0 Å². The van der Waals surface area contributed by atoms with Crippen LogP contribution in [0.3, 0.4) is 0 Å². The Balaban J connectivity index is 1.44. The van der Waals surface area contributed by atoms with Crippen LogP contribution in [-0.4, -0.2) is 52.9 Å². The highest BCUT2D eigenvalue weighted by Gasteiger charge is 2.30. The van der Waals surface area contributed by atoms with Gasteiger partial charge < -0.3 is 9.32 Å². The standard InChI is InChI=1S/C20H24FN3O2/c21-16-6-4-5-15(13-16)19-18(22-14-26-19)20(25)24-11-9-23(10-12-24)17-7-2-1-3-8-17/h4-6,13-14,17H,1-3,7-12H2. The van der Waals surface area contributed by atoms with Crippen LogP contribution in [0.1, 0.15) is 42.6 Å². The van der Waals surface area contributed by atoms with Crippen LogP contribution in [0, 0.1) is 5.82 Å². The summed E-state index contributed by atoms with van der Waals surface area (Å²) in [5.41, 5.74) is 0.799. The Labute approximate surface area is 152 Å². The molecule has 0 unspecified atom stereocenters. The highest BCUT2D eigenvalue weighted by molar-refractivity contribution is 5.97. The molecule has 1 aliphatic heterocycles. The molecule has 1 aromatic carbocycles. The van der Waals surface area contributed by atoms with Gasteiger partial charge in [0.05, 0.1) is 0 Å². The fourth-order valence-electron chi connectivity index (χ4n) is 4.12. The Morgan fingerprint density at radius 1 is 1.12 bits per heavy atom. The van der Waals surface area contributed by atoms with Gasteiger partial charge in [-0.2, -0.15) is 0 Å². The Kier molecular flexibility index (Phi) is 5.02. The van der Waals surface area contributed by atoms with Crippen LogP contribution >= 0.6 is 0 Å². The zero-order valence-corrected chi connectivity index (χ0v) is 14.9. The van der Waals surface area contributed by atoms with Crippen molar-refractivity contribution in [3.8, 4) is 11.3 Å². The van der Waals surface area contributed by atoms with Crippen molar-refractivity contribution in [3.63, 3.8) is 0 Å². The predicted molar refractivity (Wildman–Crippen MR) is 96.2 cm³/mol. The highest BCUT2D eigenvalue weighted by atomic mass is 19.1. The normalized spacial score (nSPS) is 19.7. The number of nitrogens with zero attached hydrogens (tertiary/aromatic N) is 3. The number of oxazole rings is 1. The first kappa shape index (κ1) is 17.2. The molecule has 1 saturated carbocycles. The fraction of sp³-hybridized carbons (Fsp3) is 0.500. The number of benzene rings is 1. The average Bonchev–Trinajstić information content (AvgIpc) is 3.18. The monoisotopic (exact) mass is 357 g/mol. The number of hydrogen-bond donors (Lipinski definition) is 0. The number of carbonyl (C=O) groups excluding carboxylic acids is 1. The summed E-state index contributed by atoms with van der Waals surface area (Å²) in [4.78, 5) is 21.4. The van der Waals surface area contributed by atoms with Crippen LogP contribution in [0.25, 0.3) is 11.3 Å². The summed E-state index contributed by atoms with van der Waals surface area (Å²) in [6.07, 6.45) is 7.80. The number of amides is 1. The van der Waals surface area contributed by atoms with Crippen molar-refractivity contribution in [3.05, 3.63) is 42.2 Å². The lowest BCUT2D eigenvalue weighted by molar-refractivity contribution is 0.0519. The van der Waals surface area contributed by atoms with Crippen molar-refractivity contribution in [2.24, 2.45) is 0 Å². The van der Waals surface area contributed by atoms with Crippen LogP contribution in [0.5, 0.6) is 0 Å². The minimum atomic E-state index is -0.363. The minimum Gasteiger partial charge on any atom is -0.443 e. The van der Waals surface area contributed by atoms with E-state index in [1.165, 1.54) is 50.6 Å². The average molecular weight is 357 g/mol. The van der Waals surface area contributed by atoms with E-state index in [0.29, 0.717) is 30.5 Å². The molecule has 26 heavy (non-hydrogen) atoms. The van der Waals surface area contributed by atoms with Crippen molar-refractivity contribution >= 4 is 5.91 Å². The van der Waals surface area contributed by atoms with E-state index in [9.17, 15) is 9.18 Å². The van der Waals surface area contributed by atoms with Gasteiger partial charge in [0, 0.05) is 37.8 Å². The number of aromatic nitrogens is 1. The van der Waals surface area contributed by atoms with Gasteiger partial charge in [0.2, 0.25) is 0 Å². The largest absolute Gasteiger partial charge is 0.443 e. The zero-order valence-electron chi connectivity index (χ0n) is 14.9. The molecule has 2 fully saturated rings. The molecule has 0 radical (unpaired) electrons. The quantitative estimate of drug-likeness (QED) is 0.843. The lowest BCUT2D eigenvalue weighted by Crippen LogP contribution is -2.52. The molecule has 2 aliphatic rings. The smallest absolute Gasteiger partial charge is 0.276 e. The van der Waals surface area contributed by atoms with E-state index >= 15 is 0 Å². The van der Waals surface area contributed by atoms with Gasteiger partial charge in [0.1, 0.15) is 5.82 Å². The second-order valence-corrected chi connectivity index (χ2v) is 7.16. The van der Waals surface area contributed by atoms with Crippen LogP contribution in [0.2, 0.25) is 0 Å². The van der Waals surface area contributed by atoms with E-state index in [2.05, 4.69) is 9.88 Å². The van der Waals surface area contributed by atoms with Gasteiger partial charge in [-0.25, -0.2) is 9.37 Å². The number of carbonyl (C=O) groups is 1. The maximum absolute atomic E-state index is 13.5. The molecule has 4 rings (SSSR count). The summed E-state index contributed by atoms with van der Waals surface area (Å²) in [6.45, 7) is 3.21. The Hall–Kier alpha value is -2.21. The van der Waals surface area contributed by atoms with E-state index in [-0.39, 0.29) is 17.4 Å². The Morgan fingerprint density at radius 2 is 1.88 bits per heavy atom. The maximum atomic E-state index is 13.5. The first-order chi connectivity index (χ1) is 12.7. The van der Waals surface area contributed by atoms with E-state index in [1.807, 2.05) is 4.90 Å². The molecule has 0 spiro atoms. The van der Waals surface area contributed by atoms with Gasteiger partial charge in [0.15, 0.2) is 17.8 Å². The number of hydrogen-bond acceptors (Lipinski definition) is 4. The van der Waals surface area contributed by atoms with Gasteiger partial charge in [0.25, 0.3) is 5.91 Å². The van der Waals surface area contributed by atoms with E-state index in [0.717, 1.165) is 13.1 Å². The zero-order chi connectivity index (χ0) is 17.9. The number of piperazine rings is 1. The van der Waals surface area contributed by atoms with E-state index in [4.69, 9.17) is 4.42 Å². The van der Waals surface area contributed by atoms with E-state index in [1.54, 1.807) is 12.1 Å². The molecule has 138 valence electrons. The third kappa shape index (κ3) is 3.51. The summed E-state index contributed by atoms with van der Waals surface area (Å²) in [6, 6.07) is 6.73. The number of halogens is 1. The molecule has 1 aliphatic carbocycles. The van der Waals surface area contributed by atoms with Crippen molar-refractivity contribution in [1.82, 2.24) is 14.8 Å². The van der Waals surface area contributed by atoms with Crippen molar-refractivity contribution in [1.29, 1.82) is 0 Å². The lowest BCUT2D eigenvalue weighted by atomic mass is 9.94. The van der Waals surface area contributed by atoms with Crippen LogP contribution in [0.4, 0.5) is 4.39 Å². The predicted octanol–water partition coefficient (Wildman–Crippen LogP) is 3.57. The minimum absolute atomic E-state index is 0.138. The van der Waals surface area contributed by atoms with E-state index < -0.39 is 0 Å². The molecule has 2 aromatic rings. The highest BCUT2D eigenvalue weighted by Crippen LogP contribution is 2.26. The molecule has 5 nitrogen and oxygen atoms in total. The first-order valence-electron chi connectivity index (χ1n) is 9.45. The molecule has 0 atom stereocenters. The molecule has 2 heterocycles. The third-order valence-electron chi connectivity index (χ3n) is 5.55. The summed E-state index contributed by atoms with van der Waals surface area (Å²) in [7, 11) is 0. The van der Waals surface area contributed by atoms with Crippen LogP contribution in [0.15, 0.2) is 35.1 Å². The fourth-order valence-corrected chi connectivity index (χ4v) is 4.12. The first-order valence-corrected chi connectivity index (χ1v) is 9.45. The lowest BCUT2D eigenvalue weighted by Gasteiger charge is -2.40. The second kappa shape index (κ2) is 7.58. The third-order valence-corrected chi connectivity index (χ3v) is 5.55. The summed E-state index contributed by atoms with van der Waals surface area (Å²) < 4.78 is 18.9. The van der Waals surface area contributed by atoms with Crippen LogP contribution in [-0.2, 0) is 0 Å². The molecular weight excluding hydrogens is 333 g/mol. The SMILES string of the molecule is O=C(c1ncoc1-c1cccc(F)c1)N1CCN(C2CCCCC2)CC1. The molecule has 0 bridgehead atoms. The summed E-state index contributed by atoms with van der Waals surface area (Å²) >= 11 is 0. The van der Waals surface area contributed by atoms with Gasteiger partial charge in [-0.3, -0.25) is 9.69 Å². The van der Waals surface area contributed by atoms with Crippen molar-refractivity contribution in [2.75, 3.05) is 26.2 Å². The molecule has 0 N–H and O–H groups in total. The maximum Gasteiger partial charge on any atom is 0.276 e. The Morgan fingerprint density at radius 3 is 2.62 bits per heavy atom. The molecule has 6 heteroatoms. The van der Waals surface area contributed by atoms with Gasteiger partial charge in [-0.1, -0.05) is 31.4 Å². The van der Waals surface area contributed by atoms with Gasteiger partial charge >= 0.3 is 0 Å². The Bertz CT molecular complexity index is 762. The van der Waals surface area contributed by atoms with Crippen molar-refractivity contribution in [2.45, 2.75) is 38.1 Å². The van der Waals surface area contributed by atoms with Crippen LogP contribution < -0.4 is 0 Å². The summed E-state index contributed by atoms with van der Waals surface area (Å²) in [5.74, 6) is -0.163. The summed E-state index contributed by atoms with van der Waals surface area (Å²) in [5, 5.41) is 0. The topological polar surface area (TPSA) is 49.6 Å². The molecule has 1 aromatic heterocycles. The van der Waals surface area contributed by atoms with Crippen molar-refractivity contribution < 1.29 is 13.6 Å². The molecular formula is C20H24FN3O2. The number of rotatable bonds is 3. The molecule has 1 saturated heterocycles.